The second-order valence-corrected chi connectivity index (χ2v) is 16.8. The summed E-state index contributed by atoms with van der Waals surface area (Å²) in [5.74, 6) is 1.62. The molecule has 0 amide bonds. The Morgan fingerprint density at radius 1 is 0.523 bits per heavy atom. The van der Waals surface area contributed by atoms with E-state index in [9.17, 15) is 0 Å². The molecular weight excluding hydrogens is 697 g/mol. The topological polar surface area (TPSA) is 92.2 Å². The summed E-state index contributed by atoms with van der Waals surface area (Å²) in [6.45, 7) is 4.93. The standard InChI is InChI=1S/C29H30P2.C7H8.ClHO4.Rh/c1-24(30(26-15-7-3-8-16-26)27-17-9-4-10-18-27)23-25(2)31(28-19-11-5-12-20-28)29-21-13-6-14-22-29;1-2-7-4-3-6(1)5-7;2-1(3,4)5;/h3-22,24-25H,23H2,1-2H3;1-4,6-7H,5H2;(H,2,3,4,5);/p-1/t24-,25-;;;/m1.../s1. The molecule has 0 saturated carbocycles. The van der Waals surface area contributed by atoms with E-state index in [-0.39, 0.29) is 19.5 Å². The van der Waals surface area contributed by atoms with Crippen LogP contribution in [-0.4, -0.2) is 11.3 Å². The maximum Gasteiger partial charge on any atom is 0 e. The van der Waals surface area contributed by atoms with Crippen molar-refractivity contribution in [3.63, 3.8) is 0 Å². The first-order chi connectivity index (χ1) is 20.7. The number of fused-ring (bicyclic) bond motifs is 2. The number of halogens is 1. The first-order valence-corrected chi connectivity index (χ1v) is 18.5. The van der Waals surface area contributed by atoms with Gasteiger partial charge in [0.1, 0.15) is 0 Å². The zero-order chi connectivity index (χ0) is 30.7. The zero-order valence-corrected chi connectivity index (χ0v) is 29.0. The van der Waals surface area contributed by atoms with Crippen LogP contribution in [0, 0.1) is 22.1 Å². The fourth-order valence-electron chi connectivity index (χ4n) is 5.70. The minimum absolute atomic E-state index is 0. The van der Waals surface area contributed by atoms with Crippen molar-refractivity contribution >= 4 is 37.1 Å². The van der Waals surface area contributed by atoms with E-state index < -0.39 is 26.1 Å². The monoisotopic (exact) mass is 734 g/mol. The van der Waals surface area contributed by atoms with Crippen LogP contribution >= 0.6 is 15.8 Å². The molecule has 0 N–H and O–H groups in total. The van der Waals surface area contributed by atoms with Crippen molar-refractivity contribution in [3.8, 4) is 0 Å². The van der Waals surface area contributed by atoms with Gasteiger partial charge in [-0.1, -0.05) is 159 Å². The Morgan fingerprint density at radius 2 is 0.750 bits per heavy atom. The van der Waals surface area contributed by atoms with E-state index >= 15 is 0 Å². The van der Waals surface area contributed by atoms with Crippen LogP contribution < -0.4 is 39.9 Å². The van der Waals surface area contributed by atoms with Gasteiger partial charge in [-0.05, 0) is 73.1 Å². The molecule has 1 radical (unpaired) electrons. The molecule has 2 aliphatic carbocycles. The normalized spacial score (nSPS) is 17.6. The average Bonchev–Trinajstić information content (AvgIpc) is 3.66. The summed E-state index contributed by atoms with van der Waals surface area (Å²) < 4.78 is 34.0. The van der Waals surface area contributed by atoms with Gasteiger partial charge in [0.05, 0.1) is 0 Å². The van der Waals surface area contributed by atoms with Gasteiger partial charge in [0, 0.05) is 19.5 Å². The van der Waals surface area contributed by atoms with Gasteiger partial charge in [-0.2, -0.15) is 0 Å². The van der Waals surface area contributed by atoms with Crippen LogP contribution in [0.2, 0.25) is 0 Å². The third kappa shape index (κ3) is 11.7. The van der Waals surface area contributed by atoms with E-state index in [1.54, 1.807) is 0 Å². The van der Waals surface area contributed by atoms with Crippen LogP contribution in [0.15, 0.2) is 146 Å². The van der Waals surface area contributed by atoms with Crippen LogP contribution in [0.4, 0.5) is 0 Å². The summed E-state index contributed by atoms with van der Waals surface area (Å²) in [4.78, 5) is 0. The number of benzene rings is 4. The quantitative estimate of drug-likeness (QED) is 0.158. The molecule has 4 aromatic rings. The number of hydrogen-bond acceptors (Lipinski definition) is 4. The third-order valence-corrected chi connectivity index (χ3v) is 13.1. The van der Waals surface area contributed by atoms with Gasteiger partial charge in [-0.25, -0.2) is 18.6 Å². The molecule has 44 heavy (non-hydrogen) atoms. The molecule has 2 bridgehead atoms. The first-order valence-electron chi connectivity index (χ1n) is 14.5. The Bertz CT molecular complexity index is 1220. The molecule has 2 atom stereocenters. The summed E-state index contributed by atoms with van der Waals surface area (Å²) >= 11 is 0. The predicted molar refractivity (Wildman–Crippen MR) is 172 cm³/mol. The minimum atomic E-state index is -4.94. The van der Waals surface area contributed by atoms with Gasteiger partial charge in [0.25, 0.3) is 0 Å². The molecule has 0 aliphatic heterocycles. The van der Waals surface area contributed by atoms with Gasteiger partial charge in [0.2, 0.25) is 0 Å². The van der Waals surface area contributed by atoms with Crippen molar-refractivity contribution in [1.29, 1.82) is 0 Å². The number of allylic oxidation sites excluding steroid dienone is 4. The SMILES string of the molecule is C1=CC2C=CC1C2.C[C@H](C[C@@H](C)P(c1ccccc1)c1ccccc1)P(c1ccccc1)c1ccccc1.[O-][Cl+3]([O-])([O-])[O-].[Rh]. The van der Waals surface area contributed by atoms with E-state index in [1.807, 2.05) is 0 Å². The molecule has 0 saturated heterocycles. The average molecular weight is 735 g/mol. The van der Waals surface area contributed by atoms with Crippen molar-refractivity contribution in [2.24, 2.45) is 11.8 Å². The summed E-state index contributed by atoms with van der Waals surface area (Å²) in [7, 11) is -5.74. The fourth-order valence-corrected chi connectivity index (χ4v) is 11.5. The van der Waals surface area contributed by atoms with Gasteiger partial charge in [-0.15, -0.1) is 10.2 Å². The molecule has 0 heterocycles. The van der Waals surface area contributed by atoms with E-state index in [1.165, 1.54) is 34.1 Å². The van der Waals surface area contributed by atoms with E-state index in [4.69, 9.17) is 18.6 Å². The van der Waals surface area contributed by atoms with Gasteiger partial charge < -0.3 is 0 Å². The molecule has 0 aromatic heterocycles. The summed E-state index contributed by atoms with van der Waals surface area (Å²) in [6, 6.07) is 44.5. The van der Waals surface area contributed by atoms with E-state index in [0.717, 1.165) is 11.8 Å². The van der Waals surface area contributed by atoms with Crippen molar-refractivity contribution in [2.75, 3.05) is 0 Å². The predicted octanol–water partition coefficient (Wildman–Crippen LogP) is 3.41. The molecule has 4 aromatic carbocycles. The van der Waals surface area contributed by atoms with Crippen LogP contribution in [0.1, 0.15) is 26.7 Å². The Labute approximate surface area is 279 Å². The maximum atomic E-state index is 8.49. The van der Waals surface area contributed by atoms with E-state index in [2.05, 4.69) is 159 Å². The third-order valence-electron chi connectivity index (χ3n) is 7.46. The Kier molecular flexibility index (Phi) is 15.1. The van der Waals surface area contributed by atoms with Crippen molar-refractivity contribution in [1.82, 2.24) is 0 Å². The summed E-state index contributed by atoms with van der Waals surface area (Å²) in [6.07, 6.45) is 11.8. The van der Waals surface area contributed by atoms with Gasteiger partial charge in [0.15, 0.2) is 0 Å². The molecule has 233 valence electrons. The molecule has 2 aliphatic rings. The molecule has 6 rings (SSSR count). The second kappa shape index (κ2) is 18.2. The van der Waals surface area contributed by atoms with Crippen LogP contribution in [0.3, 0.4) is 0 Å². The second-order valence-electron chi connectivity index (χ2n) is 10.7. The fraction of sp³-hybridized carbons (Fsp3) is 0.222. The number of rotatable bonds is 8. The molecule has 0 unspecified atom stereocenters. The van der Waals surface area contributed by atoms with Gasteiger partial charge >= 0.3 is 0 Å². The van der Waals surface area contributed by atoms with Gasteiger partial charge in [-0.3, -0.25) is 0 Å². The minimum Gasteiger partial charge on any atom is -0.222 e. The van der Waals surface area contributed by atoms with Crippen molar-refractivity contribution in [3.05, 3.63) is 146 Å². The Morgan fingerprint density at radius 3 is 0.932 bits per heavy atom. The molecule has 0 fully saturated rings. The summed E-state index contributed by atoms with van der Waals surface area (Å²) in [5.41, 5.74) is 1.21. The maximum absolute atomic E-state index is 8.49. The molecule has 0 spiro atoms. The zero-order valence-electron chi connectivity index (χ0n) is 24.8. The smallest absolute Gasteiger partial charge is 0 e. The van der Waals surface area contributed by atoms with E-state index in [0.29, 0.717) is 11.3 Å². The van der Waals surface area contributed by atoms with Crippen LogP contribution in [0.25, 0.3) is 0 Å². The molecular formula is C36H38ClO4P2Rh-. The van der Waals surface area contributed by atoms with Crippen molar-refractivity contribution < 1.29 is 48.4 Å². The Hall–Kier alpha value is -2.03. The summed E-state index contributed by atoms with van der Waals surface area (Å²) in [5, 5.41) is 5.92. The molecule has 8 heteroatoms. The van der Waals surface area contributed by atoms with Crippen molar-refractivity contribution in [2.45, 2.75) is 38.0 Å². The number of hydrogen-bond donors (Lipinski definition) is 0. The van der Waals surface area contributed by atoms with Crippen LogP contribution in [0.5, 0.6) is 0 Å². The largest absolute Gasteiger partial charge is 0.222 e. The first kappa shape index (κ1) is 36.4. The Balaban J connectivity index is 0.000000337. The molecule has 4 nitrogen and oxygen atoms in total. The van der Waals surface area contributed by atoms with Crippen LogP contribution in [-0.2, 0) is 19.5 Å².